The van der Waals surface area contributed by atoms with Gasteiger partial charge in [0.2, 0.25) is 0 Å². The number of nitrogens with one attached hydrogen (secondary N) is 2. The summed E-state index contributed by atoms with van der Waals surface area (Å²) >= 11 is 0. The van der Waals surface area contributed by atoms with Gasteiger partial charge in [0.15, 0.2) is 0 Å². The van der Waals surface area contributed by atoms with Crippen molar-refractivity contribution in [2.45, 2.75) is 31.7 Å². The lowest BCUT2D eigenvalue weighted by atomic mass is 10.1. The molecule has 0 radical (unpaired) electrons. The van der Waals surface area contributed by atoms with Crippen LogP contribution in [-0.2, 0) is 0 Å². The highest BCUT2D eigenvalue weighted by atomic mass is 19.4. The van der Waals surface area contributed by atoms with Crippen LogP contribution < -0.4 is 15.4 Å². The Morgan fingerprint density at radius 2 is 2.05 bits per heavy atom. The van der Waals surface area contributed by atoms with Crippen molar-refractivity contribution in [3.05, 3.63) is 29.8 Å². The molecule has 1 amide bonds. The summed E-state index contributed by atoms with van der Waals surface area (Å²) in [6.45, 7) is 1.55. The largest absolute Gasteiger partial charge is 0.573 e. The van der Waals surface area contributed by atoms with Crippen LogP contribution in [0.4, 0.5) is 13.2 Å². The number of carbonyl (C=O) groups is 1. The van der Waals surface area contributed by atoms with Crippen LogP contribution in [0.1, 0.15) is 29.6 Å². The van der Waals surface area contributed by atoms with Gasteiger partial charge in [0.05, 0.1) is 0 Å². The van der Waals surface area contributed by atoms with Crippen molar-refractivity contribution in [3.63, 3.8) is 0 Å². The zero-order chi connectivity index (χ0) is 15.3. The zero-order valence-corrected chi connectivity index (χ0v) is 11.4. The minimum atomic E-state index is -4.72. The Bertz CT molecular complexity index is 468. The van der Waals surface area contributed by atoms with Gasteiger partial charge in [-0.15, -0.1) is 13.2 Å². The Labute approximate surface area is 120 Å². The monoisotopic (exact) mass is 302 g/mol. The van der Waals surface area contributed by atoms with Crippen molar-refractivity contribution < 1.29 is 22.7 Å². The molecule has 0 aromatic heterocycles. The first-order valence-electron chi connectivity index (χ1n) is 6.81. The van der Waals surface area contributed by atoms with Gasteiger partial charge in [-0.25, -0.2) is 0 Å². The number of alkyl halides is 3. The molecule has 2 N–H and O–H groups in total. The molecule has 7 heteroatoms. The number of halogens is 3. The Balaban J connectivity index is 1.79. The predicted molar refractivity (Wildman–Crippen MR) is 71.1 cm³/mol. The highest BCUT2D eigenvalue weighted by Gasteiger charge is 2.31. The van der Waals surface area contributed by atoms with Crippen LogP contribution in [-0.4, -0.2) is 31.4 Å². The van der Waals surface area contributed by atoms with E-state index in [-0.39, 0.29) is 11.7 Å². The summed E-state index contributed by atoms with van der Waals surface area (Å²) < 4.78 is 39.8. The lowest BCUT2D eigenvalue weighted by Crippen LogP contribution is -2.30. The van der Waals surface area contributed by atoms with Gasteiger partial charge in [0, 0.05) is 18.2 Å². The molecule has 1 unspecified atom stereocenters. The van der Waals surface area contributed by atoms with Crippen molar-refractivity contribution in [2.24, 2.45) is 0 Å². The predicted octanol–water partition coefficient (Wildman–Crippen LogP) is 2.46. The van der Waals surface area contributed by atoms with Gasteiger partial charge in [-0.3, -0.25) is 4.79 Å². The molecule has 1 aliphatic heterocycles. The third-order valence-electron chi connectivity index (χ3n) is 3.29. The van der Waals surface area contributed by atoms with Crippen LogP contribution in [0, 0.1) is 0 Å². The Morgan fingerprint density at radius 3 is 2.62 bits per heavy atom. The topological polar surface area (TPSA) is 50.4 Å². The average molecular weight is 302 g/mol. The van der Waals surface area contributed by atoms with Gasteiger partial charge in [0.1, 0.15) is 5.75 Å². The molecule has 2 rings (SSSR count). The number of carbonyl (C=O) groups excluding carboxylic acids is 1. The fourth-order valence-corrected chi connectivity index (χ4v) is 2.27. The van der Waals surface area contributed by atoms with Crippen molar-refractivity contribution in [2.75, 3.05) is 13.1 Å². The number of rotatable bonds is 5. The number of ether oxygens (including phenoxy) is 1. The lowest BCUT2D eigenvalue weighted by Gasteiger charge is -2.11. The van der Waals surface area contributed by atoms with Crippen molar-refractivity contribution in [1.82, 2.24) is 10.6 Å². The van der Waals surface area contributed by atoms with Crippen LogP contribution in [0.15, 0.2) is 24.3 Å². The smallest absolute Gasteiger partial charge is 0.406 e. The molecule has 1 aromatic carbocycles. The molecule has 4 nitrogen and oxygen atoms in total. The highest BCUT2D eigenvalue weighted by Crippen LogP contribution is 2.22. The molecule has 1 saturated heterocycles. The minimum Gasteiger partial charge on any atom is -0.406 e. The third-order valence-corrected chi connectivity index (χ3v) is 3.29. The standard InChI is InChI=1S/C14H17F3N2O2/c15-14(16,17)21-12-5-3-10(4-6-12)13(20)19-9-7-11-2-1-8-18-11/h3-6,11,18H,1-2,7-9H2,(H,19,20). The highest BCUT2D eigenvalue weighted by molar-refractivity contribution is 5.94. The van der Waals surface area contributed by atoms with Crippen molar-refractivity contribution in [3.8, 4) is 5.75 Å². The number of benzene rings is 1. The normalized spacial score (nSPS) is 18.5. The first-order chi connectivity index (χ1) is 9.94. The van der Waals surface area contributed by atoms with E-state index in [0.29, 0.717) is 18.2 Å². The summed E-state index contributed by atoms with van der Waals surface area (Å²) in [5.74, 6) is -0.638. The van der Waals surface area contributed by atoms with Gasteiger partial charge in [0.25, 0.3) is 5.91 Å². The van der Waals surface area contributed by atoms with Gasteiger partial charge in [-0.2, -0.15) is 0 Å². The minimum absolute atomic E-state index is 0.299. The van der Waals surface area contributed by atoms with Gasteiger partial charge >= 0.3 is 6.36 Å². The van der Waals surface area contributed by atoms with Crippen LogP contribution in [0.2, 0.25) is 0 Å². The van der Waals surface area contributed by atoms with E-state index >= 15 is 0 Å². The molecular weight excluding hydrogens is 285 g/mol. The SMILES string of the molecule is O=C(NCCC1CCCN1)c1ccc(OC(F)(F)F)cc1. The molecule has 0 saturated carbocycles. The first kappa shape index (κ1) is 15.6. The molecule has 0 bridgehead atoms. The molecule has 116 valence electrons. The molecule has 21 heavy (non-hydrogen) atoms. The van der Waals surface area contributed by atoms with E-state index in [1.807, 2.05) is 0 Å². The van der Waals surface area contributed by atoms with E-state index in [2.05, 4.69) is 15.4 Å². The Hall–Kier alpha value is -1.76. The van der Waals surface area contributed by atoms with E-state index in [4.69, 9.17) is 0 Å². The van der Waals surface area contributed by atoms with E-state index < -0.39 is 6.36 Å². The van der Waals surface area contributed by atoms with Gasteiger partial charge in [-0.05, 0) is 50.1 Å². The van der Waals surface area contributed by atoms with E-state index in [1.54, 1.807) is 0 Å². The van der Waals surface area contributed by atoms with E-state index in [1.165, 1.54) is 12.1 Å². The second kappa shape index (κ2) is 6.80. The summed E-state index contributed by atoms with van der Waals surface area (Å²) in [6, 6.07) is 5.31. The second-order valence-electron chi connectivity index (χ2n) is 4.91. The molecule has 1 aliphatic rings. The third kappa shape index (κ3) is 5.26. The Morgan fingerprint density at radius 1 is 1.33 bits per heavy atom. The summed E-state index contributed by atoms with van der Waals surface area (Å²) in [6.07, 6.45) is -1.61. The lowest BCUT2D eigenvalue weighted by molar-refractivity contribution is -0.274. The molecule has 1 fully saturated rings. The van der Waals surface area contributed by atoms with Crippen molar-refractivity contribution in [1.29, 1.82) is 0 Å². The van der Waals surface area contributed by atoms with Crippen LogP contribution in [0.5, 0.6) is 5.75 Å². The molecular formula is C14H17F3N2O2. The summed E-state index contributed by atoms with van der Waals surface area (Å²) in [7, 11) is 0. The molecule has 0 spiro atoms. The van der Waals surface area contributed by atoms with Gasteiger partial charge < -0.3 is 15.4 Å². The summed E-state index contributed by atoms with van der Waals surface area (Å²) in [4.78, 5) is 11.8. The fourth-order valence-electron chi connectivity index (χ4n) is 2.27. The Kier molecular flexibility index (Phi) is 5.06. The molecule has 1 aromatic rings. The molecule has 1 atom stereocenters. The number of amides is 1. The van der Waals surface area contributed by atoms with Crippen LogP contribution in [0.25, 0.3) is 0 Å². The van der Waals surface area contributed by atoms with Gasteiger partial charge in [-0.1, -0.05) is 0 Å². The van der Waals surface area contributed by atoms with Crippen LogP contribution >= 0.6 is 0 Å². The fraction of sp³-hybridized carbons (Fsp3) is 0.500. The molecule has 1 heterocycles. The van der Waals surface area contributed by atoms with Crippen molar-refractivity contribution >= 4 is 5.91 Å². The number of hydrogen-bond donors (Lipinski definition) is 2. The maximum Gasteiger partial charge on any atom is 0.573 e. The average Bonchev–Trinajstić information content (AvgIpc) is 2.91. The summed E-state index contributed by atoms with van der Waals surface area (Å²) in [5.41, 5.74) is 0.309. The quantitative estimate of drug-likeness (QED) is 0.878. The number of hydrogen-bond acceptors (Lipinski definition) is 3. The molecule has 0 aliphatic carbocycles. The second-order valence-corrected chi connectivity index (χ2v) is 4.91. The van der Waals surface area contributed by atoms with E-state index in [0.717, 1.165) is 37.9 Å². The maximum atomic E-state index is 12.0. The van der Waals surface area contributed by atoms with E-state index in [9.17, 15) is 18.0 Å². The zero-order valence-electron chi connectivity index (χ0n) is 11.4. The first-order valence-corrected chi connectivity index (χ1v) is 6.81. The summed E-state index contributed by atoms with van der Waals surface area (Å²) in [5, 5.41) is 6.08. The maximum absolute atomic E-state index is 12.0. The van der Waals surface area contributed by atoms with Crippen LogP contribution in [0.3, 0.4) is 0 Å².